The number of nitrogens with one attached hydrogen (secondary N) is 12. The van der Waals surface area contributed by atoms with Gasteiger partial charge in [-0.25, -0.2) is 19.9 Å². The highest BCUT2D eigenvalue weighted by molar-refractivity contribution is 6.42. The van der Waals surface area contributed by atoms with Gasteiger partial charge in [0, 0.05) is 119 Å². The van der Waals surface area contributed by atoms with E-state index in [1.165, 1.54) is 96.3 Å². The highest BCUT2D eigenvalue weighted by Crippen LogP contribution is 2.57. The highest BCUT2D eigenvalue weighted by Gasteiger charge is 2.52. The zero-order valence-corrected chi connectivity index (χ0v) is 86.0. The molecule has 0 aliphatic heterocycles. The van der Waals surface area contributed by atoms with Crippen molar-refractivity contribution in [2.45, 2.75) is 237 Å². The molecule has 12 saturated carbocycles. The standard InChI is InChI=1S/2C32H38N4O2.C28H26Cl2N4O2.C28H27ClN4O2/c1-19-2-9-26(10-3-19)33-30(37)25-8-11-27-28(15-25)35-29(34-27)23-4-6-24(7-5-23)31(38)36-32-16-20-12-21(17-32)14-22(13-20)18-32;1-18-2-9-26(10-3-18)33-32(38)23-8-11-27-28(17-23)35-30(34-27)21-4-6-22(7-5-21)31(37)36-29-24-13-19-12-20(15-24)16-25(29)14-19;1-16-4-2-3-5-23(16)34-28(36)19-10-13-24-25(14-19)33-26(32-24)17-6-8-18(9-7-17)27(35)31-20-11-12-21(29)22(30)15-20;1-17-4-2-3-5-23(17)33-28(35)20-10-15-24-25(16-20)32-26(31-24)18-6-8-19(9-7-18)27(34)30-22-13-11-21(29)12-14-22/h4-8,11,15,19-22,26H,2-3,9-10,12-14,16-18H2,1H3,(H,33,37)(H,34,35)(H,36,38);4-8,11,17-20,24-26,29H,2-3,9-10,12-16H2,1H3,(H,33,38)(H,34,35)(H,36,37);6-16,23H,2-5H2,1H3,(H,31,35)(H,32,33)(H,34,36);6-17,23H,2-5H2,1H3,(H,30,34)(H,31,32)(H,33,35). The number of nitrogens with zero attached hydrogens (tertiary/aromatic N) is 4. The molecule has 8 bridgehead atoms. The zero-order valence-electron chi connectivity index (χ0n) is 83.7. The molecule has 26 rings (SSSR count). The van der Waals surface area contributed by atoms with E-state index in [9.17, 15) is 38.4 Å². The van der Waals surface area contributed by atoms with Gasteiger partial charge in [-0.2, -0.15) is 0 Å². The van der Waals surface area contributed by atoms with Crippen molar-refractivity contribution in [3.05, 3.63) is 272 Å². The average Bonchev–Trinajstić information content (AvgIpc) is 1.37. The molecule has 10 aromatic carbocycles. The van der Waals surface area contributed by atoms with Crippen LogP contribution in [0.2, 0.25) is 15.1 Å². The van der Waals surface area contributed by atoms with E-state index in [0.717, 1.165) is 197 Å². The molecule has 0 saturated heterocycles. The number of rotatable bonds is 20. The van der Waals surface area contributed by atoms with Gasteiger partial charge in [0.1, 0.15) is 23.3 Å². The SMILES string of the molecule is CC1CCC(NC(=O)c2ccc3nc(-c4ccc(C(=O)NC56CC7CC(CC(C7)C5)C6)cc4)[nH]c3c2)CC1.CC1CCC(NC(=O)c2ccc3nc(-c4ccc(C(=O)NC5C6CC7CC(C6)CC5C7)cc4)[nH]c3c2)CC1.CC1CCCCC1NC(=O)c1ccc2nc(-c3ccc(C(=O)Nc4ccc(Cl)c(Cl)c4)cc3)[nH]c2c1.CC1CCCCC1NC(=O)c1ccc2nc(-c3ccc(C(=O)Nc4ccc(Cl)cc4)cc3)[nH]c2c1. The first-order valence-corrected chi connectivity index (χ1v) is 54.5. The maximum absolute atomic E-state index is 13.2. The molecule has 4 heterocycles. The molecule has 4 aromatic heterocycles. The van der Waals surface area contributed by atoms with Gasteiger partial charge in [-0.1, -0.05) is 137 Å². The molecular weight excluding hydrogens is 1900 g/mol. The van der Waals surface area contributed by atoms with Crippen molar-refractivity contribution >= 4 is 138 Å². The van der Waals surface area contributed by atoms with Crippen molar-refractivity contribution in [1.82, 2.24) is 71.8 Å². The number of amides is 8. The first-order valence-electron chi connectivity index (χ1n) is 53.3. The Morgan fingerprint density at radius 1 is 0.293 bits per heavy atom. The number of halogens is 3. The van der Waals surface area contributed by atoms with Gasteiger partial charge in [-0.15, -0.1) is 0 Å². The Labute approximate surface area is 871 Å². The fraction of sp³-hybridized carbons (Fsp3) is 0.400. The first-order chi connectivity index (χ1) is 71.2. The second kappa shape index (κ2) is 43.6. The predicted octanol–water partition coefficient (Wildman–Crippen LogP) is 25.9. The molecule has 14 aromatic rings. The maximum Gasteiger partial charge on any atom is 0.255 e. The van der Waals surface area contributed by atoms with E-state index >= 15 is 0 Å². The zero-order chi connectivity index (χ0) is 101. The summed E-state index contributed by atoms with van der Waals surface area (Å²) in [5.74, 6) is 10.4. The minimum atomic E-state index is -0.257. The van der Waals surface area contributed by atoms with E-state index in [4.69, 9.17) is 44.8 Å². The van der Waals surface area contributed by atoms with Gasteiger partial charge in [-0.3, -0.25) is 38.4 Å². The molecule has 8 amide bonds. The van der Waals surface area contributed by atoms with Gasteiger partial charge < -0.3 is 62.5 Å². The molecule has 12 N–H and O–H groups in total. The summed E-state index contributed by atoms with van der Waals surface area (Å²) in [4.78, 5) is 135. The van der Waals surface area contributed by atoms with Crippen LogP contribution < -0.4 is 42.5 Å². The first kappa shape index (κ1) is 99.7. The Morgan fingerprint density at radius 3 is 0.966 bits per heavy atom. The quantitative estimate of drug-likeness (QED) is 0.0339. The fourth-order valence-electron chi connectivity index (χ4n) is 25.7. The molecule has 12 aliphatic carbocycles. The number of anilines is 2. The molecular formula is C120H129Cl3N16O8. The number of aromatic nitrogens is 8. The molecule has 12 aliphatic rings. The van der Waals surface area contributed by atoms with Crippen molar-refractivity contribution in [3.63, 3.8) is 0 Å². The molecule has 0 spiro atoms. The highest BCUT2D eigenvalue weighted by atomic mass is 35.5. The molecule has 147 heavy (non-hydrogen) atoms. The lowest BCUT2D eigenvalue weighted by atomic mass is 9.53. The fourth-order valence-corrected chi connectivity index (χ4v) is 26.1. The van der Waals surface area contributed by atoms with Crippen LogP contribution in [-0.2, 0) is 0 Å². The van der Waals surface area contributed by atoms with Gasteiger partial charge in [0.25, 0.3) is 47.3 Å². The summed E-state index contributed by atoms with van der Waals surface area (Å²) in [5.41, 5.74) is 16.3. The van der Waals surface area contributed by atoms with E-state index in [1.54, 1.807) is 66.7 Å². The largest absolute Gasteiger partial charge is 0.349 e. The number of H-pyrrole nitrogens is 4. The third kappa shape index (κ3) is 23.3. The number of carbonyl (C=O) groups excluding carboxylic acids is 8. The number of hydrogen-bond acceptors (Lipinski definition) is 12. The van der Waals surface area contributed by atoms with E-state index < -0.39 is 0 Å². The Hall–Kier alpha value is -13.3. The predicted molar refractivity (Wildman–Crippen MR) is 582 cm³/mol. The smallest absolute Gasteiger partial charge is 0.255 e. The lowest BCUT2D eigenvalue weighted by molar-refractivity contribution is -0.0167. The molecule has 27 heteroatoms. The van der Waals surface area contributed by atoms with Crippen LogP contribution in [0.5, 0.6) is 0 Å². The van der Waals surface area contributed by atoms with Gasteiger partial charge in [0.15, 0.2) is 0 Å². The Bertz CT molecular complexity index is 7160. The molecule has 24 nitrogen and oxygen atoms in total. The van der Waals surface area contributed by atoms with Crippen LogP contribution in [0.1, 0.15) is 284 Å². The van der Waals surface area contributed by atoms with Gasteiger partial charge >= 0.3 is 0 Å². The summed E-state index contributed by atoms with van der Waals surface area (Å²) >= 11 is 17.9. The van der Waals surface area contributed by atoms with Crippen LogP contribution in [0.15, 0.2) is 212 Å². The number of benzene rings is 10. The van der Waals surface area contributed by atoms with Crippen LogP contribution in [0.25, 0.3) is 89.7 Å². The third-order valence-corrected chi connectivity index (χ3v) is 34.4. The van der Waals surface area contributed by atoms with E-state index in [1.807, 2.05) is 146 Å². The maximum atomic E-state index is 13.2. The minimum Gasteiger partial charge on any atom is -0.349 e. The number of hydrogen-bond donors (Lipinski definition) is 12. The van der Waals surface area contributed by atoms with Crippen molar-refractivity contribution < 1.29 is 38.4 Å². The van der Waals surface area contributed by atoms with Gasteiger partial charge in [0.2, 0.25) is 0 Å². The van der Waals surface area contributed by atoms with Crippen molar-refractivity contribution in [1.29, 1.82) is 0 Å². The van der Waals surface area contributed by atoms with Crippen molar-refractivity contribution in [2.24, 2.45) is 65.1 Å². The number of fused-ring (bicyclic) bond motifs is 4. The Balaban J connectivity index is 0.000000115. The topological polar surface area (TPSA) is 348 Å². The van der Waals surface area contributed by atoms with Crippen molar-refractivity contribution in [2.75, 3.05) is 10.6 Å². The second-order valence-corrected chi connectivity index (χ2v) is 45.5. The Morgan fingerprint density at radius 2 is 0.605 bits per heavy atom. The van der Waals surface area contributed by atoms with Crippen LogP contribution in [0.4, 0.5) is 11.4 Å². The van der Waals surface area contributed by atoms with E-state index in [2.05, 4.69) is 100 Å². The van der Waals surface area contributed by atoms with Crippen LogP contribution in [-0.4, -0.2) is 123 Å². The number of carbonyl (C=O) groups is 8. The summed E-state index contributed by atoms with van der Waals surface area (Å²) < 4.78 is 0. The minimum absolute atomic E-state index is 0.0165. The summed E-state index contributed by atoms with van der Waals surface area (Å²) in [5, 5.41) is 26.8. The second-order valence-electron chi connectivity index (χ2n) is 44.2. The molecule has 4 unspecified atom stereocenters. The lowest BCUT2D eigenvalue weighted by Gasteiger charge is -2.56. The summed E-state index contributed by atoms with van der Waals surface area (Å²) in [6.45, 7) is 8.98. The van der Waals surface area contributed by atoms with E-state index in [-0.39, 0.29) is 77.0 Å². The number of imidazole rings is 4. The van der Waals surface area contributed by atoms with E-state index in [0.29, 0.717) is 112 Å². The van der Waals surface area contributed by atoms with Crippen molar-refractivity contribution in [3.8, 4) is 45.6 Å². The molecule has 4 atom stereocenters. The molecule has 0 radical (unpaired) electrons. The number of aromatic amines is 4. The summed E-state index contributed by atoms with van der Waals surface area (Å²) in [6, 6.07) is 65.4. The Kier molecular flexibility index (Phi) is 29.6. The molecule has 758 valence electrons. The van der Waals surface area contributed by atoms with Gasteiger partial charge in [-0.05, 0) is 377 Å². The third-order valence-electron chi connectivity index (χ3n) is 33.4. The summed E-state index contributed by atoms with van der Waals surface area (Å²) in [7, 11) is 0. The summed E-state index contributed by atoms with van der Waals surface area (Å²) in [6.07, 6.45) is 32.3. The average molecular weight is 2030 g/mol. The van der Waals surface area contributed by atoms with Crippen LogP contribution in [0, 0.1) is 65.1 Å². The monoisotopic (exact) mass is 2030 g/mol. The van der Waals surface area contributed by atoms with Crippen LogP contribution >= 0.6 is 34.8 Å². The van der Waals surface area contributed by atoms with Gasteiger partial charge in [0.05, 0.1) is 54.2 Å². The van der Waals surface area contributed by atoms with Crippen LogP contribution in [0.3, 0.4) is 0 Å². The lowest BCUT2D eigenvalue weighted by Crippen LogP contribution is -2.59. The molecule has 12 fully saturated rings. The normalized spacial score (nSPS) is 25.0.